The first-order valence-electron chi connectivity index (χ1n) is 3.76. The second-order valence-corrected chi connectivity index (χ2v) is 2.75. The number of ether oxygens (including phenoxy) is 2. The molecule has 3 unspecified atom stereocenters. The molecule has 1 rings (SSSR count). The molecule has 0 radical (unpaired) electrons. The summed E-state index contributed by atoms with van der Waals surface area (Å²) in [6, 6.07) is 0. The highest BCUT2D eigenvalue weighted by Crippen LogP contribution is 2.17. The maximum absolute atomic E-state index is 9.38. The molecular formula is C7H13NO4. The topological polar surface area (TPSA) is 71.3 Å². The van der Waals surface area contributed by atoms with Gasteiger partial charge in [-0.3, -0.25) is 0 Å². The average molecular weight is 175 g/mol. The molecule has 5 nitrogen and oxygen atoms in total. The predicted octanol–water partition coefficient (Wildman–Crippen LogP) is -0.0412. The Morgan fingerprint density at radius 2 is 2.33 bits per heavy atom. The van der Waals surface area contributed by atoms with Crippen LogP contribution in [0, 0.1) is 0 Å². The van der Waals surface area contributed by atoms with Gasteiger partial charge in [0.2, 0.25) is 0 Å². The van der Waals surface area contributed by atoms with Crippen LogP contribution in [0.5, 0.6) is 0 Å². The smallest absolute Gasteiger partial charge is 0.163 e. The van der Waals surface area contributed by atoms with Crippen molar-refractivity contribution in [2.45, 2.75) is 31.8 Å². The van der Waals surface area contributed by atoms with Crippen molar-refractivity contribution in [1.29, 1.82) is 0 Å². The highest BCUT2D eigenvalue weighted by molar-refractivity contribution is 5.89. The highest BCUT2D eigenvalue weighted by atomic mass is 16.7. The van der Waals surface area contributed by atoms with Crippen molar-refractivity contribution in [1.82, 2.24) is 0 Å². The fourth-order valence-corrected chi connectivity index (χ4v) is 1.16. The van der Waals surface area contributed by atoms with Gasteiger partial charge in [-0.1, -0.05) is 5.16 Å². The lowest BCUT2D eigenvalue weighted by Gasteiger charge is -2.31. The van der Waals surface area contributed by atoms with E-state index in [1.165, 1.54) is 7.11 Å². The van der Waals surface area contributed by atoms with Gasteiger partial charge in [0.25, 0.3) is 0 Å². The van der Waals surface area contributed by atoms with Gasteiger partial charge >= 0.3 is 0 Å². The summed E-state index contributed by atoms with van der Waals surface area (Å²) in [4.78, 5) is 0. The number of rotatable bonds is 1. The number of aliphatic hydroxyl groups is 1. The maximum atomic E-state index is 9.38. The van der Waals surface area contributed by atoms with Gasteiger partial charge in [-0.2, -0.15) is 0 Å². The molecule has 0 spiro atoms. The van der Waals surface area contributed by atoms with Gasteiger partial charge in [-0.15, -0.1) is 0 Å². The normalized spacial score (nSPS) is 40.2. The van der Waals surface area contributed by atoms with Gasteiger partial charge in [0.05, 0.1) is 11.8 Å². The van der Waals surface area contributed by atoms with Gasteiger partial charge < -0.3 is 19.8 Å². The van der Waals surface area contributed by atoms with Gasteiger partial charge in [0.15, 0.2) is 6.29 Å². The lowest BCUT2D eigenvalue weighted by Crippen LogP contribution is -2.44. The fourth-order valence-electron chi connectivity index (χ4n) is 1.16. The Morgan fingerprint density at radius 1 is 1.67 bits per heavy atom. The van der Waals surface area contributed by atoms with Gasteiger partial charge in [0, 0.05) is 13.5 Å². The molecule has 1 aliphatic heterocycles. The van der Waals surface area contributed by atoms with Crippen molar-refractivity contribution in [3.8, 4) is 0 Å². The molecule has 0 aromatic heterocycles. The Labute approximate surface area is 70.6 Å². The largest absolute Gasteiger partial charge is 0.411 e. The van der Waals surface area contributed by atoms with Crippen molar-refractivity contribution >= 4 is 5.71 Å². The van der Waals surface area contributed by atoms with Gasteiger partial charge in [-0.25, -0.2) is 0 Å². The van der Waals surface area contributed by atoms with Crippen molar-refractivity contribution in [2.24, 2.45) is 5.16 Å². The first-order chi connectivity index (χ1) is 5.69. The summed E-state index contributed by atoms with van der Waals surface area (Å²) in [5, 5.41) is 20.9. The zero-order valence-corrected chi connectivity index (χ0v) is 7.10. The van der Waals surface area contributed by atoms with E-state index in [1.54, 1.807) is 6.92 Å². The Kier molecular flexibility index (Phi) is 3.02. The number of nitrogens with zero attached hydrogens (tertiary/aromatic N) is 1. The Balaban J connectivity index is 2.65. The third kappa shape index (κ3) is 1.74. The summed E-state index contributed by atoms with van der Waals surface area (Å²) in [6.07, 6.45) is -1.34. The minimum atomic E-state index is -0.832. The summed E-state index contributed by atoms with van der Waals surface area (Å²) in [7, 11) is 1.50. The predicted molar refractivity (Wildman–Crippen MR) is 41.2 cm³/mol. The molecule has 2 N–H and O–H groups in total. The molecule has 0 saturated carbocycles. The molecule has 0 aromatic carbocycles. The Hall–Kier alpha value is -0.650. The first kappa shape index (κ1) is 9.44. The van der Waals surface area contributed by atoms with Crippen LogP contribution >= 0.6 is 0 Å². The Morgan fingerprint density at radius 3 is 2.83 bits per heavy atom. The van der Waals surface area contributed by atoms with E-state index in [-0.39, 0.29) is 0 Å². The van der Waals surface area contributed by atoms with E-state index in [9.17, 15) is 5.11 Å². The quantitative estimate of drug-likeness (QED) is 0.433. The zero-order valence-electron chi connectivity index (χ0n) is 7.10. The Bertz CT molecular complexity index is 182. The first-order valence-corrected chi connectivity index (χ1v) is 3.76. The van der Waals surface area contributed by atoms with E-state index >= 15 is 0 Å². The van der Waals surface area contributed by atoms with E-state index in [4.69, 9.17) is 14.7 Å². The van der Waals surface area contributed by atoms with Crippen LogP contribution in [0.1, 0.15) is 13.3 Å². The van der Waals surface area contributed by atoms with Crippen molar-refractivity contribution in [2.75, 3.05) is 7.11 Å². The van der Waals surface area contributed by atoms with E-state index in [0.29, 0.717) is 12.1 Å². The van der Waals surface area contributed by atoms with Crippen LogP contribution < -0.4 is 0 Å². The standard InChI is InChI=1S/C7H13NO4/c1-4-7(9)5(8-10)3-6(11-2)12-4/h4,6-7,9-10H,3H2,1-2H3/b8-5+. The molecule has 70 valence electrons. The summed E-state index contributed by atoms with van der Waals surface area (Å²) >= 11 is 0. The third-order valence-corrected chi connectivity index (χ3v) is 1.92. The molecular weight excluding hydrogens is 162 g/mol. The molecule has 0 bridgehead atoms. The van der Waals surface area contributed by atoms with Crippen LogP contribution in [0.15, 0.2) is 5.16 Å². The third-order valence-electron chi connectivity index (χ3n) is 1.92. The second-order valence-electron chi connectivity index (χ2n) is 2.75. The van der Waals surface area contributed by atoms with Crippen LogP contribution in [0.2, 0.25) is 0 Å². The number of hydrogen-bond donors (Lipinski definition) is 2. The lowest BCUT2D eigenvalue weighted by atomic mass is 10.0. The maximum Gasteiger partial charge on any atom is 0.163 e. The summed E-state index contributed by atoms with van der Waals surface area (Å²) in [5.74, 6) is 0. The lowest BCUT2D eigenvalue weighted by molar-refractivity contribution is -0.175. The molecule has 1 saturated heterocycles. The minimum Gasteiger partial charge on any atom is -0.411 e. The van der Waals surface area contributed by atoms with Crippen molar-refractivity contribution in [3.05, 3.63) is 0 Å². The highest BCUT2D eigenvalue weighted by Gasteiger charge is 2.32. The molecule has 0 aromatic rings. The number of methoxy groups -OCH3 is 1. The number of oxime groups is 1. The van der Waals surface area contributed by atoms with Crippen LogP contribution in [0.25, 0.3) is 0 Å². The molecule has 3 atom stereocenters. The molecule has 12 heavy (non-hydrogen) atoms. The van der Waals surface area contributed by atoms with Crippen LogP contribution in [-0.2, 0) is 9.47 Å². The van der Waals surface area contributed by atoms with E-state index in [2.05, 4.69) is 5.16 Å². The zero-order chi connectivity index (χ0) is 9.14. The van der Waals surface area contributed by atoms with Crippen LogP contribution in [0.4, 0.5) is 0 Å². The second kappa shape index (κ2) is 3.84. The van der Waals surface area contributed by atoms with Crippen LogP contribution in [-0.4, -0.2) is 41.6 Å². The molecule has 1 heterocycles. The molecule has 0 aliphatic carbocycles. The molecule has 5 heteroatoms. The average Bonchev–Trinajstić information content (AvgIpc) is 2.09. The van der Waals surface area contributed by atoms with Crippen LogP contribution in [0.3, 0.4) is 0 Å². The van der Waals surface area contributed by atoms with E-state index < -0.39 is 18.5 Å². The summed E-state index contributed by atoms with van der Waals surface area (Å²) in [6.45, 7) is 1.70. The SMILES string of the molecule is COC1C/C(=N\O)C(O)C(C)O1. The summed E-state index contributed by atoms with van der Waals surface area (Å²) in [5.41, 5.74) is 0.306. The number of hydrogen-bond acceptors (Lipinski definition) is 5. The monoisotopic (exact) mass is 175 g/mol. The van der Waals surface area contributed by atoms with Gasteiger partial charge in [0.1, 0.15) is 6.10 Å². The molecule has 1 fully saturated rings. The molecule has 0 amide bonds. The van der Waals surface area contributed by atoms with Crippen molar-refractivity contribution in [3.63, 3.8) is 0 Å². The van der Waals surface area contributed by atoms with Crippen molar-refractivity contribution < 1.29 is 19.8 Å². The van der Waals surface area contributed by atoms with E-state index in [0.717, 1.165) is 0 Å². The van der Waals surface area contributed by atoms with Gasteiger partial charge in [-0.05, 0) is 6.92 Å². The summed E-state index contributed by atoms with van der Waals surface area (Å²) < 4.78 is 10.1. The minimum absolute atomic E-state index is 0.304. The fraction of sp³-hybridized carbons (Fsp3) is 0.857. The number of aliphatic hydroxyl groups excluding tert-OH is 1. The van der Waals surface area contributed by atoms with E-state index in [1.807, 2.05) is 0 Å². The molecule has 1 aliphatic rings.